The van der Waals surface area contributed by atoms with Gasteiger partial charge < -0.3 is 72.0 Å². The fourth-order valence-electron chi connectivity index (χ4n) is 24.5. The van der Waals surface area contributed by atoms with E-state index in [1.807, 2.05) is 62.6 Å². The largest absolute Gasteiger partial charge is 0.508 e. The zero-order chi connectivity index (χ0) is 69.5. The van der Waals surface area contributed by atoms with E-state index in [1.165, 1.54) is 27.2 Å². The molecule has 0 radical (unpaired) electrons. The molecule has 1 aromatic heterocycles. The van der Waals surface area contributed by atoms with Crippen LogP contribution in [0.4, 0.5) is 0 Å². The van der Waals surface area contributed by atoms with E-state index < -0.39 is 153 Å². The topological polar surface area (TPSA) is 321 Å². The summed E-state index contributed by atoms with van der Waals surface area (Å²) in [5, 5.41) is 124. The number of esters is 1. The number of hydrogen-bond acceptors (Lipinski definition) is 17. The van der Waals surface area contributed by atoms with Crippen LogP contribution in [0, 0.1) is 117 Å². The van der Waals surface area contributed by atoms with Gasteiger partial charge >= 0.3 is 5.97 Å². The predicted octanol–water partition coefficient (Wildman–Crippen LogP) is 7.95. The number of H-pyrrole nitrogens is 1. The van der Waals surface area contributed by atoms with Crippen LogP contribution >= 0.6 is 21.6 Å². The number of nitrogens with two attached hydrogens (primary N) is 1. The number of carbonyl (C=O) groups is 3. The molecule has 99 heavy (non-hydrogen) atoms. The van der Waals surface area contributed by atoms with Crippen LogP contribution in [-0.2, 0) is 25.7 Å². The number of aliphatic imine (C=N–C) groups is 1. The van der Waals surface area contributed by atoms with E-state index >= 15 is 19.8 Å². The lowest BCUT2D eigenvalue weighted by atomic mass is 9.37. The first-order valence-corrected chi connectivity index (χ1v) is 39.3. The van der Waals surface area contributed by atoms with Gasteiger partial charge in [0.1, 0.15) is 17.9 Å². The molecule has 15 rings (SSSR count). The maximum absolute atomic E-state index is 16.8. The number of fused-ring (bicyclic) bond motifs is 10. The summed E-state index contributed by atoms with van der Waals surface area (Å²) in [7, 11) is 2.98. The van der Waals surface area contributed by atoms with Gasteiger partial charge in [-0.2, -0.15) is 0 Å². The number of aliphatic hydroxyl groups excluding tert-OH is 4. The number of allylic oxidation sites excluding steroid dienone is 5. The molecule has 8 fully saturated rings. The van der Waals surface area contributed by atoms with Gasteiger partial charge in [-0.25, -0.2) is 4.99 Å². The van der Waals surface area contributed by atoms with Crippen LogP contribution in [0.25, 0.3) is 0 Å². The molecule has 6 saturated carbocycles. The maximum atomic E-state index is 16.8. The van der Waals surface area contributed by atoms with Crippen molar-refractivity contribution in [1.29, 1.82) is 0 Å². The molecule has 2 aromatic carbocycles. The van der Waals surface area contributed by atoms with Gasteiger partial charge in [0.15, 0.2) is 23.8 Å². The first-order chi connectivity index (χ1) is 47.4. The van der Waals surface area contributed by atoms with Gasteiger partial charge in [-0.1, -0.05) is 115 Å². The van der Waals surface area contributed by atoms with E-state index in [0.29, 0.717) is 42.9 Å². The fraction of sp³-hybridized carbons (Fsp3) is 0.646. The highest BCUT2D eigenvalue weighted by Gasteiger charge is 2.81. The highest BCUT2D eigenvalue weighted by molar-refractivity contribution is 8.76. The van der Waals surface area contributed by atoms with Crippen LogP contribution < -0.4 is 16.4 Å². The van der Waals surface area contributed by atoms with Gasteiger partial charge in [0.05, 0.1) is 53.8 Å². The van der Waals surface area contributed by atoms with Crippen molar-refractivity contribution in [3.05, 3.63) is 125 Å². The minimum Gasteiger partial charge on any atom is -0.508 e. The summed E-state index contributed by atoms with van der Waals surface area (Å²) in [6, 6.07) is 17.0. The monoisotopic (exact) mass is 1390 g/mol. The Kier molecular flexibility index (Phi) is 18.2. The first-order valence-electron chi connectivity index (χ1n) is 36.8. The van der Waals surface area contributed by atoms with Crippen molar-refractivity contribution in [2.45, 2.75) is 183 Å². The van der Waals surface area contributed by atoms with Gasteiger partial charge in [-0.05, 0) is 189 Å². The number of hydrogen-bond donors (Lipinski definition) is 13. The number of nitrogens with zero attached hydrogens (tertiary/aromatic N) is 1. The minimum absolute atomic E-state index is 0.0123. The number of ketones is 2. The van der Waals surface area contributed by atoms with Gasteiger partial charge in [-0.15, -0.1) is 5.92 Å². The Bertz CT molecular complexity index is 3780. The second-order valence-corrected chi connectivity index (χ2v) is 35.5. The average Bonchev–Trinajstić information content (AvgIpc) is 1.57. The molecule has 20 heteroatoms. The third-order valence-electron chi connectivity index (χ3n) is 28.4. The summed E-state index contributed by atoms with van der Waals surface area (Å²) in [6.07, 6.45) is 10.1. The zero-order valence-corrected chi connectivity index (χ0v) is 58.9. The molecule has 2 saturated heterocycles. The Morgan fingerprint density at radius 2 is 1.69 bits per heavy atom. The molecule has 7 bridgehead atoms. The molecule has 10 aliphatic carbocycles. The number of rotatable bonds is 10. The van der Waals surface area contributed by atoms with Crippen LogP contribution in [-0.4, -0.2) is 147 Å². The number of phenolic OH excluding ortho intramolecular Hbond substituents is 1. The molecule has 2 spiro atoms. The summed E-state index contributed by atoms with van der Waals surface area (Å²) in [5.74, 6) is -1.61. The Morgan fingerprint density at radius 1 is 0.909 bits per heavy atom. The van der Waals surface area contributed by atoms with Gasteiger partial charge in [0.25, 0.3) is 0 Å². The SMILES string of the molecule is CC[C@@H]1OC(=O)[C@@H](c2cc[nH]c2)[C@@H]1[C@@H]1C#CC[C@@H]2C[C@@]3(O)C4=C5N[C@@H](CO)C(=O)C[C@H](c6ccc(O)cc6)CSSC[C@@H]6[C@@H](O)[C@@H](O)C[C@](C)([C@H]4[C@H]4CC[C@@H](CNC(N)=NCc7ccccc7)[C@@]3(C4)[C@H]2[C@@](C)(O)[C@@]2(O)CC[C@]34[C@@H]([C@H](C=C[C@H]13)C=C1CC[C@@H](C)C[C@H]14)[C@H](C(O)O)C2)[C@@H]6C5=O. The van der Waals surface area contributed by atoms with Crippen molar-refractivity contribution in [3.8, 4) is 17.6 Å². The molecule has 0 amide bonds. The van der Waals surface area contributed by atoms with E-state index in [-0.39, 0.29) is 111 Å². The lowest BCUT2D eigenvalue weighted by Crippen LogP contribution is -2.73. The molecule has 3 heterocycles. The van der Waals surface area contributed by atoms with E-state index in [4.69, 9.17) is 15.5 Å². The Morgan fingerprint density at radius 3 is 2.42 bits per heavy atom. The highest BCUT2D eigenvalue weighted by atomic mass is 33.1. The molecule has 2 aliphatic heterocycles. The number of aliphatic hydroxyl groups is 8. The number of cyclic esters (lactones) is 1. The van der Waals surface area contributed by atoms with E-state index in [1.54, 1.807) is 31.2 Å². The molecule has 14 N–H and O–H groups in total. The summed E-state index contributed by atoms with van der Waals surface area (Å²) in [5.41, 5.74) is 1.36. The molecule has 18 nitrogen and oxygen atoms in total. The lowest BCUT2D eigenvalue weighted by molar-refractivity contribution is -0.256. The van der Waals surface area contributed by atoms with Gasteiger partial charge in [0.2, 0.25) is 0 Å². The average molecular weight is 1390 g/mol. The minimum atomic E-state index is -2.17. The van der Waals surface area contributed by atoms with Crippen molar-refractivity contribution in [1.82, 2.24) is 15.6 Å². The van der Waals surface area contributed by atoms with E-state index in [9.17, 15) is 40.5 Å². The summed E-state index contributed by atoms with van der Waals surface area (Å²) >= 11 is 0. The number of Topliss-reactive ketones (excluding diaryl/α,β-unsaturated/α-hetero) is 2. The number of aromatic amines is 1. The number of nitrogens with one attached hydrogen (secondary N) is 3. The normalized spacial score (nSPS) is 45.4. The Hall–Kier alpha value is -5.44. The molecule has 0 unspecified atom stereocenters. The summed E-state index contributed by atoms with van der Waals surface area (Å²) in [4.78, 5) is 54.9. The van der Waals surface area contributed by atoms with Gasteiger partial charge in [-0.3, -0.25) is 14.4 Å². The fourth-order valence-corrected chi connectivity index (χ4v) is 27.2. The van der Waals surface area contributed by atoms with Crippen LogP contribution in [0.1, 0.15) is 146 Å². The van der Waals surface area contributed by atoms with Crippen molar-refractivity contribution in [3.63, 3.8) is 0 Å². The Labute approximate surface area is 588 Å². The maximum Gasteiger partial charge on any atom is 0.314 e. The van der Waals surface area contributed by atoms with E-state index in [2.05, 4.69) is 52.6 Å². The van der Waals surface area contributed by atoms with Crippen LogP contribution in [0.2, 0.25) is 0 Å². The predicted molar refractivity (Wildman–Crippen MR) is 377 cm³/mol. The first kappa shape index (κ1) is 69.3. The van der Waals surface area contributed by atoms with Crippen molar-refractivity contribution in [2.24, 2.45) is 116 Å². The highest BCUT2D eigenvalue weighted by Crippen LogP contribution is 2.79. The van der Waals surface area contributed by atoms with Gasteiger partial charge in [0, 0.05) is 90.1 Å². The smallest absolute Gasteiger partial charge is 0.314 e. The number of benzene rings is 2. The molecule has 27 atom stereocenters. The second kappa shape index (κ2) is 26.1. The van der Waals surface area contributed by atoms with Crippen molar-refractivity contribution >= 4 is 45.1 Å². The summed E-state index contributed by atoms with van der Waals surface area (Å²) < 4.78 is 6.50. The van der Waals surface area contributed by atoms with Crippen LogP contribution in [0.15, 0.2) is 113 Å². The third kappa shape index (κ3) is 10.8. The molecule has 12 aliphatic rings. The number of carbonyl (C=O) groups excluding carboxylic acids is 3. The van der Waals surface area contributed by atoms with Crippen LogP contribution in [0.5, 0.6) is 5.75 Å². The lowest BCUT2D eigenvalue weighted by Gasteiger charge is -2.69. The quantitative estimate of drug-likeness (QED) is 0.0174. The zero-order valence-electron chi connectivity index (χ0n) is 57.3. The molecular weight excluding hydrogens is 1290 g/mol. The molecule has 3 aromatic rings. The van der Waals surface area contributed by atoms with Crippen LogP contribution in [0.3, 0.4) is 0 Å². The molecular formula is C79H101N5O13S2. The number of aromatic hydroxyl groups is 1. The second-order valence-electron chi connectivity index (χ2n) is 33.0. The van der Waals surface area contributed by atoms with Crippen molar-refractivity contribution < 1.29 is 65.1 Å². The molecule has 532 valence electrons. The number of guanidine groups is 1. The standard InChI is InChI=1S/C79H101N5O13S2/c1-5-60-62(61(72(93)97-60)48-24-27-81-36-48)52-13-9-12-47-32-79(96)66-64(74(3)34-59(88)68(89)54-40-99-98-39-49(43-17-21-51(86)22-18-43)30-58(87)57(38-85)84-67(66)69(90)65(54)74)46-16-20-50(37-83-73(80)82-35-42-10-7-6-8-11-42)78(79,31-46)70(47)75(4,94)76(95)25-26-77-55(52)23-19-45(63(77)53(33-76)71(91)92)29-44-15-14-41(2)28-56(44)77/h6-8,10-11,17-19,21-24,27,29,36,41,45-47,49-50,52-57,59-65,68,70-71,81,84-86,88-89,91-92,94-96H,5,12,14-16,20,25-26,28,30-35,37-40H2,1-4H3,(H3,80,82,83)/t41-,45-,46+,47-,49+,50+,52-,53-,54+,55-,56-,57+,59+,60+,61+,62-,63+,64+,65+,68-,70-,74-,75-,76-,77+,78+,79-/m1/s1. The number of aromatic nitrogens is 1. The van der Waals surface area contributed by atoms with E-state index in [0.717, 1.165) is 36.0 Å². The summed E-state index contributed by atoms with van der Waals surface area (Å²) in [6.45, 7) is 7.76. The van der Waals surface area contributed by atoms with Crippen molar-refractivity contribution in [2.75, 3.05) is 24.7 Å². The third-order valence-corrected chi connectivity index (χ3v) is 30.9. The Balaban J connectivity index is 0.962. The number of phenols is 1. The number of ether oxygens (including phenoxy) is 1.